The van der Waals surface area contributed by atoms with Crippen molar-refractivity contribution >= 4 is 11.9 Å². The lowest BCUT2D eigenvalue weighted by atomic mass is 10.0. The van der Waals surface area contributed by atoms with E-state index in [1.165, 1.54) is 12.4 Å². The van der Waals surface area contributed by atoms with E-state index in [2.05, 4.69) is 22.2 Å². The molecule has 1 amide bonds. The molecule has 0 bridgehead atoms. The summed E-state index contributed by atoms with van der Waals surface area (Å²) in [6.07, 6.45) is 4.96. The average Bonchev–Trinajstić information content (AvgIpc) is 2.85. The number of hydrogen-bond donors (Lipinski definition) is 1. The fourth-order valence-electron chi connectivity index (χ4n) is 2.74. The molecule has 0 aromatic carbocycles. The number of rotatable bonds is 2. The van der Waals surface area contributed by atoms with Gasteiger partial charge in [-0.15, -0.1) is 0 Å². The molecule has 0 aliphatic heterocycles. The van der Waals surface area contributed by atoms with Crippen molar-refractivity contribution in [2.45, 2.75) is 25.7 Å². The predicted molar refractivity (Wildman–Crippen MR) is 78.4 cm³/mol. The largest absolute Gasteiger partial charge is 0.315 e. The molecule has 0 saturated heterocycles. The molecule has 0 spiro atoms. The summed E-state index contributed by atoms with van der Waals surface area (Å²) in [5.74, 6) is 0.0909. The van der Waals surface area contributed by atoms with Gasteiger partial charge in [-0.3, -0.25) is 14.9 Å². The van der Waals surface area contributed by atoms with Gasteiger partial charge >= 0.3 is 0 Å². The number of anilines is 1. The Kier molecular flexibility index (Phi) is 3.29. The van der Waals surface area contributed by atoms with Crippen molar-refractivity contribution in [3.63, 3.8) is 0 Å². The van der Waals surface area contributed by atoms with Gasteiger partial charge in [0.2, 0.25) is 5.95 Å². The molecule has 21 heavy (non-hydrogen) atoms. The number of nitrogens with one attached hydrogen (secondary N) is 1. The Balaban J connectivity index is 1.99. The molecule has 1 atom stereocenters. The van der Waals surface area contributed by atoms with Crippen molar-refractivity contribution in [2.24, 2.45) is 7.05 Å². The van der Waals surface area contributed by atoms with Crippen LogP contribution in [0.3, 0.4) is 0 Å². The van der Waals surface area contributed by atoms with E-state index in [0.29, 0.717) is 5.92 Å². The molecule has 6 nitrogen and oxygen atoms in total. The minimum atomic E-state index is -0.469. The van der Waals surface area contributed by atoms with Gasteiger partial charge in [0.25, 0.3) is 11.5 Å². The van der Waals surface area contributed by atoms with E-state index < -0.39 is 5.91 Å². The first kappa shape index (κ1) is 13.5. The summed E-state index contributed by atoms with van der Waals surface area (Å²) in [7, 11) is 1.72. The summed E-state index contributed by atoms with van der Waals surface area (Å²) in [6.45, 7) is 2.11. The maximum Gasteiger partial charge on any atom is 0.263 e. The summed E-state index contributed by atoms with van der Waals surface area (Å²) in [5, 5.41) is 2.56. The molecule has 1 aliphatic carbocycles. The Hall–Kier alpha value is -2.50. The van der Waals surface area contributed by atoms with Crippen LogP contribution in [0.15, 0.2) is 29.3 Å². The van der Waals surface area contributed by atoms with E-state index in [1.54, 1.807) is 23.7 Å². The van der Waals surface area contributed by atoms with Gasteiger partial charge in [0.1, 0.15) is 5.56 Å². The number of hydrogen-bond acceptors (Lipinski definition) is 4. The van der Waals surface area contributed by atoms with Gasteiger partial charge in [-0.25, -0.2) is 9.97 Å². The van der Waals surface area contributed by atoms with Gasteiger partial charge in [-0.2, -0.15) is 0 Å². The third-order valence-electron chi connectivity index (χ3n) is 3.95. The highest BCUT2D eigenvalue weighted by Crippen LogP contribution is 2.31. The smallest absolute Gasteiger partial charge is 0.263 e. The number of carbonyl (C=O) groups is 1. The molecular formula is C15H16N4O2. The molecule has 2 aromatic heterocycles. The van der Waals surface area contributed by atoms with Crippen molar-refractivity contribution in [2.75, 3.05) is 5.32 Å². The van der Waals surface area contributed by atoms with Crippen LogP contribution in [-0.4, -0.2) is 20.4 Å². The topological polar surface area (TPSA) is 76.9 Å². The van der Waals surface area contributed by atoms with E-state index in [9.17, 15) is 9.59 Å². The summed E-state index contributed by atoms with van der Waals surface area (Å²) in [6, 6.07) is 3.37. The lowest BCUT2D eigenvalue weighted by Crippen LogP contribution is -2.30. The number of aromatic nitrogens is 3. The first-order chi connectivity index (χ1) is 10.1. The van der Waals surface area contributed by atoms with Gasteiger partial charge in [0.15, 0.2) is 0 Å². The molecular weight excluding hydrogens is 268 g/mol. The van der Waals surface area contributed by atoms with Crippen LogP contribution in [0.1, 0.15) is 40.9 Å². The molecule has 0 radical (unpaired) electrons. The third kappa shape index (κ3) is 2.33. The summed E-state index contributed by atoms with van der Waals surface area (Å²) in [4.78, 5) is 32.5. The van der Waals surface area contributed by atoms with Crippen LogP contribution in [0.4, 0.5) is 5.95 Å². The molecule has 108 valence electrons. The van der Waals surface area contributed by atoms with Crippen LogP contribution < -0.4 is 10.9 Å². The standard InChI is InChI=1S/C15H16N4O2/c1-9-4-5-12-10(9)8-11(14(21)19(12)2)13(20)18-15-16-6-3-7-17-15/h3,6-9H,4-5H2,1-2H3,(H,16,17,18,20)/t9-/m1/s1. The van der Waals surface area contributed by atoms with E-state index in [1.807, 2.05) is 0 Å². The van der Waals surface area contributed by atoms with Gasteiger partial charge in [0.05, 0.1) is 0 Å². The highest BCUT2D eigenvalue weighted by Gasteiger charge is 2.25. The molecule has 6 heteroatoms. The summed E-state index contributed by atoms with van der Waals surface area (Å²) in [5.41, 5.74) is 1.96. The minimum absolute atomic E-state index is 0.137. The quantitative estimate of drug-likeness (QED) is 0.906. The Labute approximate surface area is 121 Å². The first-order valence-corrected chi connectivity index (χ1v) is 6.89. The number of pyridine rings is 1. The maximum absolute atomic E-state index is 12.3. The zero-order valence-corrected chi connectivity index (χ0v) is 12.0. The number of amides is 1. The van der Waals surface area contributed by atoms with Crippen LogP contribution in [0, 0.1) is 0 Å². The Morgan fingerprint density at radius 1 is 1.38 bits per heavy atom. The van der Waals surface area contributed by atoms with E-state index in [0.717, 1.165) is 24.1 Å². The zero-order chi connectivity index (χ0) is 15.0. The van der Waals surface area contributed by atoms with Crippen LogP contribution in [0.5, 0.6) is 0 Å². The van der Waals surface area contributed by atoms with Crippen LogP contribution in [0.25, 0.3) is 0 Å². The normalized spacial score (nSPS) is 16.6. The van der Waals surface area contributed by atoms with Crippen molar-refractivity contribution < 1.29 is 4.79 Å². The summed E-state index contributed by atoms with van der Waals surface area (Å²) >= 11 is 0. The monoisotopic (exact) mass is 284 g/mol. The van der Waals surface area contributed by atoms with Gasteiger partial charge in [-0.05, 0) is 36.5 Å². The molecule has 3 rings (SSSR count). The molecule has 1 N–H and O–H groups in total. The van der Waals surface area contributed by atoms with Crippen molar-refractivity contribution in [1.29, 1.82) is 0 Å². The fourth-order valence-corrected chi connectivity index (χ4v) is 2.74. The maximum atomic E-state index is 12.3. The summed E-state index contributed by atoms with van der Waals surface area (Å²) < 4.78 is 1.58. The second-order valence-electron chi connectivity index (χ2n) is 5.29. The first-order valence-electron chi connectivity index (χ1n) is 6.89. The molecule has 2 aromatic rings. The van der Waals surface area contributed by atoms with E-state index in [4.69, 9.17) is 0 Å². The Bertz CT molecular complexity index is 752. The van der Waals surface area contributed by atoms with Crippen LogP contribution in [-0.2, 0) is 13.5 Å². The van der Waals surface area contributed by atoms with E-state index in [-0.39, 0.29) is 17.1 Å². The van der Waals surface area contributed by atoms with Crippen LogP contribution >= 0.6 is 0 Å². The van der Waals surface area contributed by atoms with Crippen molar-refractivity contribution in [3.8, 4) is 0 Å². The van der Waals surface area contributed by atoms with Gasteiger partial charge in [0, 0.05) is 25.1 Å². The Morgan fingerprint density at radius 2 is 2.10 bits per heavy atom. The van der Waals surface area contributed by atoms with E-state index >= 15 is 0 Å². The molecule has 2 heterocycles. The lowest BCUT2D eigenvalue weighted by Gasteiger charge is -2.11. The van der Waals surface area contributed by atoms with Crippen molar-refractivity contribution in [1.82, 2.24) is 14.5 Å². The van der Waals surface area contributed by atoms with Crippen LogP contribution in [0.2, 0.25) is 0 Å². The van der Waals surface area contributed by atoms with Gasteiger partial charge < -0.3 is 4.57 Å². The SMILES string of the molecule is C[C@@H]1CCc2c1cc(C(=O)Nc1ncccn1)c(=O)n2C. The average molecular weight is 284 g/mol. The number of fused-ring (bicyclic) bond motifs is 1. The third-order valence-corrected chi connectivity index (χ3v) is 3.95. The number of carbonyl (C=O) groups excluding carboxylic acids is 1. The fraction of sp³-hybridized carbons (Fsp3) is 0.333. The second-order valence-corrected chi connectivity index (χ2v) is 5.29. The minimum Gasteiger partial charge on any atom is -0.315 e. The Morgan fingerprint density at radius 3 is 2.81 bits per heavy atom. The molecule has 1 aliphatic rings. The highest BCUT2D eigenvalue weighted by molar-refractivity contribution is 6.03. The zero-order valence-electron chi connectivity index (χ0n) is 12.0. The number of nitrogens with zero attached hydrogens (tertiary/aromatic N) is 3. The second kappa shape index (κ2) is 5.12. The molecule has 0 saturated carbocycles. The lowest BCUT2D eigenvalue weighted by molar-refractivity contribution is 0.102. The van der Waals surface area contributed by atoms with Crippen molar-refractivity contribution in [3.05, 3.63) is 51.7 Å². The molecule has 0 unspecified atom stereocenters. The highest BCUT2D eigenvalue weighted by atomic mass is 16.2. The predicted octanol–water partition coefficient (Wildman–Crippen LogP) is 1.48. The molecule has 0 fully saturated rings. The van der Waals surface area contributed by atoms with Gasteiger partial charge in [-0.1, -0.05) is 6.92 Å².